The van der Waals surface area contributed by atoms with Crippen molar-refractivity contribution in [2.75, 3.05) is 12.4 Å². The molecule has 0 radical (unpaired) electrons. The zero-order valence-corrected chi connectivity index (χ0v) is 20.7. The molecule has 2 amide bonds. The number of carbonyl (C=O) groups is 2. The van der Waals surface area contributed by atoms with Crippen molar-refractivity contribution < 1.29 is 14.3 Å². The third-order valence-corrected chi connectivity index (χ3v) is 6.20. The number of para-hydroxylation sites is 1. The third-order valence-electron chi connectivity index (χ3n) is 5.94. The minimum Gasteiger partial charge on any atom is -0.496 e. The van der Waals surface area contributed by atoms with Crippen LogP contribution in [0.3, 0.4) is 0 Å². The highest BCUT2D eigenvalue weighted by molar-refractivity contribution is 6.30. The van der Waals surface area contributed by atoms with Crippen LogP contribution in [0, 0.1) is 0 Å². The van der Waals surface area contributed by atoms with Crippen molar-refractivity contribution in [1.82, 2.24) is 9.99 Å². The van der Waals surface area contributed by atoms with Crippen molar-refractivity contribution in [3.63, 3.8) is 0 Å². The summed E-state index contributed by atoms with van der Waals surface area (Å²) in [6, 6.07) is 26.0. The maximum atomic E-state index is 12.9. The molecule has 0 aliphatic heterocycles. The van der Waals surface area contributed by atoms with E-state index in [1.165, 1.54) is 7.11 Å². The number of methoxy groups -OCH3 is 1. The topological polar surface area (TPSA) is 84.7 Å². The van der Waals surface area contributed by atoms with Gasteiger partial charge in [0.2, 0.25) is 5.91 Å². The molecule has 0 saturated carbocycles. The van der Waals surface area contributed by atoms with E-state index in [1.807, 2.05) is 65.4 Å². The van der Waals surface area contributed by atoms with Gasteiger partial charge in [-0.1, -0.05) is 54.1 Å². The van der Waals surface area contributed by atoms with Crippen LogP contribution in [0.25, 0.3) is 21.7 Å². The molecule has 0 atom stereocenters. The van der Waals surface area contributed by atoms with Gasteiger partial charge in [0.15, 0.2) is 0 Å². The highest BCUT2D eigenvalue weighted by Crippen LogP contribution is 2.26. The number of anilines is 1. The molecule has 2 N–H and O–H groups in total. The SMILES string of the molecule is COc1cc2ccccc2cc1C(=O)N/N=C\c1cn(CC(=O)Nc2ccc(Cl)cc2)c2ccccc12. The number of nitrogens with one attached hydrogen (secondary N) is 2. The molecule has 184 valence electrons. The molecule has 0 bridgehead atoms. The van der Waals surface area contributed by atoms with Crippen molar-refractivity contribution in [3.05, 3.63) is 107 Å². The first-order valence-electron chi connectivity index (χ1n) is 11.6. The fourth-order valence-corrected chi connectivity index (χ4v) is 4.31. The number of hydrogen-bond acceptors (Lipinski definition) is 4. The molecule has 8 heteroatoms. The van der Waals surface area contributed by atoms with E-state index in [1.54, 1.807) is 36.5 Å². The van der Waals surface area contributed by atoms with E-state index in [9.17, 15) is 9.59 Å². The number of fused-ring (bicyclic) bond motifs is 2. The van der Waals surface area contributed by atoms with Gasteiger partial charge >= 0.3 is 0 Å². The average molecular weight is 511 g/mol. The minimum absolute atomic E-state index is 0.109. The Hall–Kier alpha value is -4.62. The molecular weight excluding hydrogens is 488 g/mol. The molecule has 0 unspecified atom stereocenters. The van der Waals surface area contributed by atoms with Crippen molar-refractivity contribution in [3.8, 4) is 5.75 Å². The van der Waals surface area contributed by atoms with Gasteiger partial charge in [-0.3, -0.25) is 9.59 Å². The van der Waals surface area contributed by atoms with Crippen molar-refractivity contribution in [2.45, 2.75) is 6.54 Å². The molecular formula is C29H23ClN4O3. The summed E-state index contributed by atoms with van der Waals surface area (Å²) in [4.78, 5) is 25.6. The highest BCUT2D eigenvalue weighted by atomic mass is 35.5. The Balaban J connectivity index is 1.34. The van der Waals surface area contributed by atoms with Crippen molar-refractivity contribution in [1.29, 1.82) is 0 Å². The standard InChI is InChI=1S/C29H23ClN4O3/c1-37-27-15-20-7-3-2-6-19(20)14-25(27)29(36)33-31-16-21-17-34(26-9-5-4-8-24(21)26)18-28(35)32-23-12-10-22(30)11-13-23/h2-17H,18H2,1H3,(H,32,35)(H,33,36)/b31-16-. The first kappa shape index (κ1) is 24.1. The van der Waals surface area contributed by atoms with Crippen LogP contribution < -0.4 is 15.5 Å². The summed E-state index contributed by atoms with van der Waals surface area (Å²) in [5, 5.41) is 10.5. The number of amides is 2. The predicted molar refractivity (Wildman–Crippen MR) is 148 cm³/mol. The van der Waals surface area contributed by atoms with Gasteiger partial charge in [0.05, 0.1) is 18.9 Å². The number of rotatable bonds is 7. The van der Waals surface area contributed by atoms with Gasteiger partial charge in [-0.25, -0.2) is 5.43 Å². The summed E-state index contributed by atoms with van der Waals surface area (Å²) in [6.07, 6.45) is 3.40. The van der Waals surface area contributed by atoms with Crippen LogP contribution in [0.15, 0.2) is 96.2 Å². The van der Waals surface area contributed by atoms with Gasteiger partial charge < -0.3 is 14.6 Å². The summed E-state index contributed by atoms with van der Waals surface area (Å²) < 4.78 is 7.27. The van der Waals surface area contributed by atoms with Gasteiger partial charge in [-0.05, 0) is 53.2 Å². The second-order valence-corrected chi connectivity index (χ2v) is 8.82. The number of ether oxygens (including phenoxy) is 1. The lowest BCUT2D eigenvalue weighted by molar-refractivity contribution is -0.116. The smallest absolute Gasteiger partial charge is 0.275 e. The van der Waals surface area contributed by atoms with Crippen LogP contribution in [0.1, 0.15) is 15.9 Å². The van der Waals surface area contributed by atoms with Gasteiger partial charge in [0, 0.05) is 33.4 Å². The Morgan fingerprint density at radius 1 is 0.973 bits per heavy atom. The Morgan fingerprint density at radius 3 is 2.43 bits per heavy atom. The Labute approximate surface area is 218 Å². The van der Waals surface area contributed by atoms with Crippen molar-refractivity contribution in [2.24, 2.45) is 5.10 Å². The van der Waals surface area contributed by atoms with E-state index in [0.717, 1.165) is 27.2 Å². The lowest BCUT2D eigenvalue weighted by Gasteiger charge is -2.09. The molecule has 37 heavy (non-hydrogen) atoms. The average Bonchev–Trinajstić information content (AvgIpc) is 3.26. The number of hydrazone groups is 1. The number of aromatic nitrogens is 1. The van der Waals surface area contributed by atoms with Crippen LogP contribution in [0.2, 0.25) is 5.02 Å². The summed E-state index contributed by atoms with van der Waals surface area (Å²) in [5.74, 6) is -0.0945. The number of carbonyl (C=O) groups excluding carboxylic acids is 2. The molecule has 0 saturated heterocycles. The van der Waals surface area contributed by atoms with Gasteiger partial charge in [0.1, 0.15) is 12.3 Å². The quantitative estimate of drug-likeness (QED) is 0.212. The Bertz CT molecular complexity index is 1640. The molecule has 0 aliphatic carbocycles. The molecule has 1 heterocycles. The van der Waals surface area contributed by atoms with Gasteiger partial charge in [-0.2, -0.15) is 5.10 Å². The number of hydrogen-bond donors (Lipinski definition) is 2. The third kappa shape index (κ3) is 5.32. The van der Waals surface area contributed by atoms with E-state index in [0.29, 0.717) is 22.0 Å². The Kier molecular flexibility index (Phi) is 6.87. The van der Waals surface area contributed by atoms with E-state index in [-0.39, 0.29) is 18.4 Å². The zero-order chi connectivity index (χ0) is 25.8. The maximum absolute atomic E-state index is 12.9. The highest BCUT2D eigenvalue weighted by Gasteiger charge is 2.14. The van der Waals surface area contributed by atoms with Crippen LogP contribution in [-0.2, 0) is 11.3 Å². The predicted octanol–water partition coefficient (Wildman–Crippen LogP) is 5.86. The first-order valence-corrected chi connectivity index (χ1v) is 11.9. The lowest BCUT2D eigenvalue weighted by atomic mass is 10.1. The second kappa shape index (κ2) is 10.6. The summed E-state index contributed by atoms with van der Waals surface area (Å²) in [7, 11) is 1.53. The fraction of sp³-hybridized carbons (Fsp3) is 0.0690. The first-order chi connectivity index (χ1) is 18.0. The molecule has 5 aromatic rings. The van der Waals surface area contributed by atoms with E-state index >= 15 is 0 Å². The van der Waals surface area contributed by atoms with Crippen LogP contribution in [-0.4, -0.2) is 29.7 Å². The number of benzene rings is 4. The largest absolute Gasteiger partial charge is 0.496 e. The van der Waals surface area contributed by atoms with E-state index in [4.69, 9.17) is 16.3 Å². The molecule has 4 aromatic carbocycles. The van der Waals surface area contributed by atoms with Crippen LogP contribution in [0.4, 0.5) is 5.69 Å². The fourth-order valence-electron chi connectivity index (χ4n) is 4.18. The normalized spacial score (nSPS) is 11.2. The van der Waals surface area contributed by atoms with E-state index in [2.05, 4.69) is 15.8 Å². The van der Waals surface area contributed by atoms with Crippen molar-refractivity contribution >= 4 is 57.0 Å². The number of nitrogens with zero attached hydrogens (tertiary/aromatic N) is 2. The lowest BCUT2D eigenvalue weighted by Crippen LogP contribution is -2.18. The molecule has 5 rings (SSSR count). The van der Waals surface area contributed by atoms with Crippen LogP contribution in [0.5, 0.6) is 5.75 Å². The summed E-state index contributed by atoms with van der Waals surface area (Å²) >= 11 is 5.92. The zero-order valence-electron chi connectivity index (χ0n) is 19.9. The van der Waals surface area contributed by atoms with Gasteiger partial charge in [-0.15, -0.1) is 0 Å². The van der Waals surface area contributed by atoms with Gasteiger partial charge in [0.25, 0.3) is 5.91 Å². The number of halogens is 1. The van der Waals surface area contributed by atoms with E-state index < -0.39 is 0 Å². The second-order valence-electron chi connectivity index (χ2n) is 8.38. The minimum atomic E-state index is -0.384. The maximum Gasteiger partial charge on any atom is 0.275 e. The molecule has 0 spiro atoms. The summed E-state index contributed by atoms with van der Waals surface area (Å²) in [5.41, 5.74) is 5.28. The molecule has 1 aromatic heterocycles. The van der Waals surface area contributed by atoms with Crippen LogP contribution >= 0.6 is 11.6 Å². The summed E-state index contributed by atoms with van der Waals surface area (Å²) in [6.45, 7) is 0.109. The molecule has 7 nitrogen and oxygen atoms in total. The molecule has 0 fully saturated rings. The monoisotopic (exact) mass is 510 g/mol. The molecule has 0 aliphatic rings. The Morgan fingerprint density at radius 2 is 1.68 bits per heavy atom.